The number of rotatable bonds is 4. The van der Waals surface area contributed by atoms with Crippen molar-refractivity contribution in [2.24, 2.45) is 0 Å². The molecule has 0 aliphatic carbocycles. The molecule has 3 heteroatoms. The molecule has 3 nitrogen and oxygen atoms in total. The van der Waals surface area contributed by atoms with Crippen LogP contribution < -0.4 is 0 Å². The Morgan fingerprint density at radius 2 is 0.800 bits per heavy atom. The molecule has 0 bridgehead atoms. The molecule has 2 heterocycles. The molecule has 0 fully saturated rings. The molecule has 0 N–H and O–H groups in total. The predicted molar refractivity (Wildman–Crippen MR) is 209 cm³/mol. The molecule has 0 aliphatic heterocycles. The average molecular weight is 636 g/mol. The fraction of sp³-hybridized carbons (Fsp3) is 0. The van der Waals surface area contributed by atoms with Gasteiger partial charge < -0.3 is 0 Å². The van der Waals surface area contributed by atoms with Gasteiger partial charge in [0.1, 0.15) is 0 Å². The van der Waals surface area contributed by atoms with Crippen LogP contribution in [-0.4, -0.2) is 15.0 Å². The summed E-state index contributed by atoms with van der Waals surface area (Å²) in [6.45, 7) is 0. The molecule has 0 spiro atoms. The van der Waals surface area contributed by atoms with Crippen molar-refractivity contribution in [3.8, 4) is 45.2 Å². The van der Waals surface area contributed by atoms with Gasteiger partial charge in [-0.15, -0.1) is 0 Å². The maximum absolute atomic E-state index is 5.50. The maximum Gasteiger partial charge on any atom is 0.160 e. The summed E-state index contributed by atoms with van der Waals surface area (Å²) in [6.07, 6.45) is 0. The number of fused-ring (bicyclic) bond motifs is 9. The van der Waals surface area contributed by atoms with Crippen LogP contribution in [0.15, 0.2) is 176 Å². The molecule has 0 radical (unpaired) electrons. The highest BCUT2D eigenvalue weighted by Crippen LogP contribution is 2.44. The number of benzene rings is 8. The highest BCUT2D eigenvalue weighted by Gasteiger charge is 2.19. The van der Waals surface area contributed by atoms with Crippen LogP contribution in [0, 0.1) is 0 Å². The van der Waals surface area contributed by atoms with E-state index in [1.807, 2.05) is 36.4 Å². The molecule has 2 aromatic heterocycles. The van der Waals surface area contributed by atoms with E-state index in [1.54, 1.807) is 0 Å². The Hall–Kier alpha value is -6.71. The van der Waals surface area contributed by atoms with Crippen molar-refractivity contribution < 1.29 is 0 Å². The van der Waals surface area contributed by atoms with Crippen molar-refractivity contribution >= 4 is 54.0 Å². The van der Waals surface area contributed by atoms with Crippen molar-refractivity contribution in [1.82, 2.24) is 15.0 Å². The first kappa shape index (κ1) is 28.3. The minimum Gasteiger partial charge on any atom is -0.247 e. The zero-order valence-electron chi connectivity index (χ0n) is 27.1. The van der Waals surface area contributed by atoms with Crippen LogP contribution >= 0.6 is 0 Å². The first-order chi connectivity index (χ1) is 24.8. The molecule has 10 rings (SSSR count). The molecule has 8 aromatic carbocycles. The maximum atomic E-state index is 5.50. The molecule has 0 unspecified atom stereocenters. The number of aromatic nitrogens is 3. The standard InChI is InChI=1S/C47H29N3/c1-3-14-30(15-4-1)41-29-42(31-16-5-2-6-17-31)50-47(49-41)35-21-13-20-34(26-35)46-45-39-25-12-10-23-37(39)36-22-9-11-24-38(36)44(45)40-27-32-18-7-8-19-33(32)28-43(40)48-46/h1-29H. The highest BCUT2D eigenvalue weighted by molar-refractivity contribution is 6.34. The third-order valence-corrected chi connectivity index (χ3v) is 9.79. The number of hydrogen-bond acceptors (Lipinski definition) is 3. The molecule has 232 valence electrons. The molecule has 0 aliphatic rings. The summed E-state index contributed by atoms with van der Waals surface area (Å²) in [4.78, 5) is 15.8. The van der Waals surface area contributed by atoms with Crippen LogP contribution in [0.1, 0.15) is 0 Å². The molecular formula is C47H29N3. The molecule has 0 saturated heterocycles. The van der Waals surface area contributed by atoms with Crippen molar-refractivity contribution in [1.29, 1.82) is 0 Å². The van der Waals surface area contributed by atoms with E-state index in [4.69, 9.17) is 15.0 Å². The molecule has 0 atom stereocenters. The zero-order valence-corrected chi connectivity index (χ0v) is 27.1. The molecule has 10 aromatic rings. The van der Waals surface area contributed by atoms with E-state index in [0.29, 0.717) is 5.82 Å². The summed E-state index contributed by atoms with van der Waals surface area (Å²) >= 11 is 0. The third kappa shape index (κ3) is 4.63. The smallest absolute Gasteiger partial charge is 0.160 e. The van der Waals surface area contributed by atoms with Crippen molar-refractivity contribution in [2.75, 3.05) is 0 Å². The second-order valence-electron chi connectivity index (χ2n) is 12.8. The van der Waals surface area contributed by atoms with Crippen molar-refractivity contribution in [3.63, 3.8) is 0 Å². The van der Waals surface area contributed by atoms with Crippen LogP contribution in [0.2, 0.25) is 0 Å². The van der Waals surface area contributed by atoms with Gasteiger partial charge in [0.25, 0.3) is 0 Å². The van der Waals surface area contributed by atoms with E-state index < -0.39 is 0 Å². The van der Waals surface area contributed by atoms with Crippen LogP contribution in [0.5, 0.6) is 0 Å². The largest absolute Gasteiger partial charge is 0.247 e. The summed E-state index contributed by atoms with van der Waals surface area (Å²) in [5, 5.41) is 10.8. The summed E-state index contributed by atoms with van der Waals surface area (Å²) in [6, 6.07) is 61.9. The van der Waals surface area contributed by atoms with E-state index in [2.05, 4.69) is 140 Å². The molecule has 0 saturated carbocycles. The van der Waals surface area contributed by atoms with E-state index in [0.717, 1.165) is 55.6 Å². The fourth-order valence-electron chi connectivity index (χ4n) is 7.47. The lowest BCUT2D eigenvalue weighted by atomic mass is 9.89. The van der Waals surface area contributed by atoms with E-state index in [-0.39, 0.29) is 0 Å². The van der Waals surface area contributed by atoms with Crippen molar-refractivity contribution in [2.45, 2.75) is 0 Å². The third-order valence-electron chi connectivity index (χ3n) is 9.79. The minimum atomic E-state index is 0.679. The van der Waals surface area contributed by atoms with Gasteiger partial charge in [0, 0.05) is 38.4 Å². The molecule has 0 amide bonds. The lowest BCUT2D eigenvalue weighted by Crippen LogP contribution is -1.97. The lowest BCUT2D eigenvalue weighted by Gasteiger charge is -2.17. The Bertz CT molecular complexity index is 2860. The van der Waals surface area contributed by atoms with Crippen LogP contribution in [-0.2, 0) is 0 Å². The Kier molecular flexibility index (Phi) is 6.49. The van der Waals surface area contributed by atoms with Crippen LogP contribution in [0.4, 0.5) is 0 Å². The SMILES string of the molecule is c1ccc(-c2cc(-c3ccccc3)nc(-c3cccc(-c4nc5cc6ccccc6cc5c5c6ccccc6c6ccccc6c45)c3)n2)cc1. The van der Waals surface area contributed by atoms with E-state index >= 15 is 0 Å². The normalized spacial score (nSPS) is 11.6. The minimum absolute atomic E-state index is 0.679. The molecule has 50 heavy (non-hydrogen) atoms. The average Bonchev–Trinajstić information content (AvgIpc) is 3.20. The van der Waals surface area contributed by atoms with Crippen molar-refractivity contribution in [3.05, 3.63) is 176 Å². The monoisotopic (exact) mass is 635 g/mol. The van der Waals surface area contributed by atoms with Gasteiger partial charge in [-0.3, -0.25) is 0 Å². The predicted octanol–water partition coefficient (Wildman–Crippen LogP) is 12.3. The van der Waals surface area contributed by atoms with Crippen LogP contribution in [0.25, 0.3) is 99.2 Å². The lowest BCUT2D eigenvalue weighted by molar-refractivity contribution is 1.18. The number of hydrogen-bond donors (Lipinski definition) is 0. The number of pyridine rings is 1. The second-order valence-corrected chi connectivity index (χ2v) is 12.8. The van der Waals surface area contributed by atoms with Crippen LogP contribution in [0.3, 0.4) is 0 Å². The summed E-state index contributed by atoms with van der Waals surface area (Å²) in [7, 11) is 0. The van der Waals surface area contributed by atoms with Gasteiger partial charge in [-0.25, -0.2) is 15.0 Å². The van der Waals surface area contributed by atoms with Gasteiger partial charge in [-0.2, -0.15) is 0 Å². The molecular weight excluding hydrogens is 607 g/mol. The summed E-state index contributed by atoms with van der Waals surface area (Å²) in [5.41, 5.74) is 7.78. The first-order valence-electron chi connectivity index (χ1n) is 16.9. The quantitative estimate of drug-likeness (QED) is 0.143. The van der Waals surface area contributed by atoms with Gasteiger partial charge >= 0.3 is 0 Å². The first-order valence-corrected chi connectivity index (χ1v) is 16.9. The van der Waals surface area contributed by atoms with Gasteiger partial charge in [0.05, 0.1) is 22.6 Å². The summed E-state index contributed by atoms with van der Waals surface area (Å²) in [5.74, 6) is 0.679. The highest BCUT2D eigenvalue weighted by atomic mass is 14.9. The van der Waals surface area contributed by atoms with Gasteiger partial charge in [-0.1, -0.05) is 152 Å². The van der Waals surface area contributed by atoms with Gasteiger partial charge in [-0.05, 0) is 56.6 Å². The van der Waals surface area contributed by atoms with Gasteiger partial charge in [0.15, 0.2) is 5.82 Å². The Balaban J connectivity index is 1.28. The summed E-state index contributed by atoms with van der Waals surface area (Å²) < 4.78 is 0. The van der Waals surface area contributed by atoms with E-state index in [1.165, 1.54) is 37.7 Å². The Labute approximate surface area is 289 Å². The van der Waals surface area contributed by atoms with E-state index in [9.17, 15) is 0 Å². The number of nitrogens with zero attached hydrogens (tertiary/aromatic N) is 3. The Morgan fingerprint density at radius 1 is 0.300 bits per heavy atom. The topological polar surface area (TPSA) is 38.7 Å². The Morgan fingerprint density at radius 3 is 1.44 bits per heavy atom. The van der Waals surface area contributed by atoms with Gasteiger partial charge in [0.2, 0.25) is 0 Å². The fourth-order valence-corrected chi connectivity index (χ4v) is 7.47. The second kappa shape index (κ2) is 11.5. The zero-order chi connectivity index (χ0) is 33.0.